The van der Waals surface area contributed by atoms with Crippen molar-refractivity contribution in [1.82, 2.24) is 15.3 Å². The van der Waals surface area contributed by atoms with E-state index in [9.17, 15) is 4.79 Å². The lowest BCUT2D eigenvalue weighted by molar-refractivity contribution is -0.122. The summed E-state index contributed by atoms with van der Waals surface area (Å²) in [5, 5.41) is 3.23. The molecule has 0 unspecified atom stereocenters. The first-order valence-corrected chi connectivity index (χ1v) is 9.04. The van der Waals surface area contributed by atoms with Gasteiger partial charge in [-0.3, -0.25) is 4.79 Å². The lowest BCUT2D eigenvalue weighted by Gasteiger charge is -2.21. The summed E-state index contributed by atoms with van der Waals surface area (Å²) in [7, 11) is 0. The molecule has 1 amide bonds. The predicted molar refractivity (Wildman–Crippen MR) is 93.3 cm³/mol. The van der Waals surface area contributed by atoms with E-state index in [2.05, 4.69) is 15.3 Å². The van der Waals surface area contributed by atoms with Crippen molar-refractivity contribution in [3.8, 4) is 0 Å². The fraction of sp³-hybridized carbons (Fsp3) is 0.579. The molecule has 0 bridgehead atoms. The summed E-state index contributed by atoms with van der Waals surface area (Å²) < 4.78 is 0. The molecule has 0 radical (unpaired) electrons. The smallest absolute Gasteiger partial charge is 0.220 e. The summed E-state index contributed by atoms with van der Waals surface area (Å²) in [6.07, 6.45) is 11.1. The van der Waals surface area contributed by atoms with Gasteiger partial charge in [0.15, 0.2) is 0 Å². The van der Waals surface area contributed by atoms with E-state index in [0.29, 0.717) is 12.5 Å². The van der Waals surface area contributed by atoms with Crippen LogP contribution in [-0.4, -0.2) is 21.9 Å². The molecule has 1 aromatic heterocycles. The van der Waals surface area contributed by atoms with Crippen LogP contribution in [0.3, 0.4) is 0 Å². The molecule has 2 aromatic rings. The van der Waals surface area contributed by atoms with Crippen LogP contribution in [0.25, 0.3) is 11.0 Å². The standard InChI is InChI=1S/C19H27N3O/c23-19(20-15-9-4-2-1-3-5-10-15)14-8-13-18-21-16-11-6-7-12-17(16)22-18/h6-7,11-12,15H,1-5,8-10,13-14H2,(H,20,23)(H,21,22). The van der Waals surface area contributed by atoms with E-state index in [1.54, 1.807) is 0 Å². The number of hydrogen-bond donors (Lipinski definition) is 2. The summed E-state index contributed by atoms with van der Waals surface area (Å²) >= 11 is 0. The van der Waals surface area contributed by atoms with Crippen molar-refractivity contribution in [3.63, 3.8) is 0 Å². The Morgan fingerprint density at radius 2 is 1.87 bits per heavy atom. The van der Waals surface area contributed by atoms with Crippen LogP contribution in [0.2, 0.25) is 0 Å². The highest BCUT2D eigenvalue weighted by atomic mass is 16.1. The number of carbonyl (C=O) groups excluding carboxylic acids is 1. The van der Waals surface area contributed by atoms with Crippen LogP contribution in [0.4, 0.5) is 0 Å². The minimum atomic E-state index is 0.201. The van der Waals surface area contributed by atoms with E-state index in [1.807, 2.05) is 24.3 Å². The first-order chi connectivity index (χ1) is 11.3. The average Bonchev–Trinajstić information content (AvgIpc) is 2.92. The van der Waals surface area contributed by atoms with Gasteiger partial charge in [0.2, 0.25) is 5.91 Å². The van der Waals surface area contributed by atoms with Crippen molar-refractivity contribution in [3.05, 3.63) is 30.1 Å². The molecule has 1 fully saturated rings. The molecule has 23 heavy (non-hydrogen) atoms. The second kappa shape index (κ2) is 8.14. The van der Waals surface area contributed by atoms with Crippen LogP contribution in [0.5, 0.6) is 0 Å². The number of H-pyrrole nitrogens is 1. The number of aromatic nitrogens is 2. The van der Waals surface area contributed by atoms with Crippen LogP contribution in [-0.2, 0) is 11.2 Å². The molecule has 3 rings (SSSR count). The molecule has 2 N–H and O–H groups in total. The van der Waals surface area contributed by atoms with Crippen molar-refractivity contribution in [2.24, 2.45) is 0 Å². The minimum absolute atomic E-state index is 0.201. The number of para-hydroxylation sites is 2. The average molecular weight is 313 g/mol. The van der Waals surface area contributed by atoms with Gasteiger partial charge in [0, 0.05) is 18.9 Å². The number of nitrogens with one attached hydrogen (secondary N) is 2. The van der Waals surface area contributed by atoms with E-state index in [4.69, 9.17) is 0 Å². The van der Waals surface area contributed by atoms with E-state index < -0.39 is 0 Å². The van der Waals surface area contributed by atoms with E-state index >= 15 is 0 Å². The molecule has 124 valence electrons. The first-order valence-electron chi connectivity index (χ1n) is 9.04. The number of aromatic amines is 1. The number of imidazole rings is 1. The molecule has 0 aliphatic heterocycles. The monoisotopic (exact) mass is 313 g/mol. The number of aryl methyl sites for hydroxylation is 1. The Bertz CT molecular complexity index is 593. The van der Waals surface area contributed by atoms with Gasteiger partial charge in [-0.25, -0.2) is 4.98 Å². The highest BCUT2D eigenvalue weighted by Crippen LogP contribution is 2.17. The molecular weight excluding hydrogens is 286 g/mol. The second-order valence-electron chi connectivity index (χ2n) is 6.66. The lowest BCUT2D eigenvalue weighted by Crippen LogP contribution is -2.35. The van der Waals surface area contributed by atoms with Gasteiger partial charge in [0.05, 0.1) is 11.0 Å². The van der Waals surface area contributed by atoms with Crippen LogP contribution < -0.4 is 5.32 Å². The van der Waals surface area contributed by atoms with Crippen LogP contribution >= 0.6 is 0 Å². The lowest BCUT2D eigenvalue weighted by atomic mass is 9.96. The quantitative estimate of drug-likeness (QED) is 0.872. The van der Waals surface area contributed by atoms with Gasteiger partial charge in [0.25, 0.3) is 0 Å². The van der Waals surface area contributed by atoms with Crippen LogP contribution in [0.15, 0.2) is 24.3 Å². The number of amides is 1. The molecule has 1 heterocycles. The largest absolute Gasteiger partial charge is 0.353 e. The molecule has 4 nitrogen and oxygen atoms in total. The number of rotatable bonds is 5. The zero-order chi connectivity index (χ0) is 15.9. The van der Waals surface area contributed by atoms with E-state index in [-0.39, 0.29) is 5.91 Å². The Labute approximate surface area is 138 Å². The van der Waals surface area contributed by atoms with E-state index in [1.165, 1.54) is 32.1 Å². The molecule has 0 atom stereocenters. The Morgan fingerprint density at radius 1 is 1.13 bits per heavy atom. The highest BCUT2D eigenvalue weighted by Gasteiger charge is 2.14. The Hall–Kier alpha value is -1.84. The van der Waals surface area contributed by atoms with Crippen LogP contribution in [0.1, 0.15) is 63.6 Å². The highest BCUT2D eigenvalue weighted by molar-refractivity contribution is 5.76. The fourth-order valence-electron chi connectivity index (χ4n) is 3.44. The number of benzene rings is 1. The third-order valence-corrected chi connectivity index (χ3v) is 4.73. The fourth-order valence-corrected chi connectivity index (χ4v) is 3.44. The summed E-state index contributed by atoms with van der Waals surface area (Å²) in [4.78, 5) is 20.0. The van der Waals surface area contributed by atoms with Crippen molar-refractivity contribution < 1.29 is 4.79 Å². The van der Waals surface area contributed by atoms with Gasteiger partial charge in [-0.15, -0.1) is 0 Å². The van der Waals surface area contributed by atoms with Gasteiger partial charge in [-0.2, -0.15) is 0 Å². The number of fused-ring (bicyclic) bond motifs is 1. The molecule has 0 saturated heterocycles. The Morgan fingerprint density at radius 3 is 2.65 bits per heavy atom. The maximum absolute atomic E-state index is 12.1. The summed E-state index contributed by atoms with van der Waals surface area (Å²) in [6.45, 7) is 0. The number of hydrogen-bond acceptors (Lipinski definition) is 2. The number of carbonyl (C=O) groups is 1. The molecule has 0 spiro atoms. The molecule has 1 aromatic carbocycles. The van der Waals surface area contributed by atoms with Crippen molar-refractivity contribution in [2.45, 2.75) is 70.3 Å². The maximum atomic E-state index is 12.1. The van der Waals surface area contributed by atoms with Gasteiger partial charge < -0.3 is 10.3 Å². The molecule has 1 saturated carbocycles. The Balaban J connectivity index is 1.41. The molecule has 4 heteroatoms. The van der Waals surface area contributed by atoms with Crippen molar-refractivity contribution in [2.75, 3.05) is 0 Å². The van der Waals surface area contributed by atoms with Crippen molar-refractivity contribution in [1.29, 1.82) is 0 Å². The van der Waals surface area contributed by atoms with Crippen molar-refractivity contribution >= 4 is 16.9 Å². The summed E-state index contributed by atoms with van der Waals surface area (Å²) in [6, 6.07) is 8.44. The third kappa shape index (κ3) is 4.81. The molecular formula is C19H27N3O. The van der Waals surface area contributed by atoms with E-state index in [0.717, 1.165) is 42.5 Å². The number of nitrogens with zero attached hydrogens (tertiary/aromatic N) is 1. The topological polar surface area (TPSA) is 57.8 Å². The van der Waals surface area contributed by atoms with Gasteiger partial charge in [-0.05, 0) is 31.4 Å². The summed E-state index contributed by atoms with van der Waals surface area (Å²) in [5.74, 6) is 1.18. The SMILES string of the molecule is O=C(CCCc1nc2ccccc2[nH]1)NC1CCCCCCC1. The van der Waals surface area contributed by atoms with Crippen LogP contribution in [0, 0.1) is 0 Å². The zero-order valence-electron chi connectivity index (χ0n) is 13.8. The first kappa shape index (κ1) is 16.0. The molecule has 1 aliphatic carbocycles. The van der Waals surface area contributed by atoms with Gasteiger partial charge in [-0.1, -0.05) is 44.2 Å². The third-order valence-electron chi connectivity index (χ3n) is 4.73. The minimum Gasteiger partial charge on any atom is -0.353 e. The predicted octanol–water partition coefficient (Wildman–Crippen LogP) is 4.11. The maximum Gasteiger partial charge on any atom is 0.220 e. The van der Waals surface area contributed by atoms with Gasteiger partial charge in [0.1, 0.15) is 5.82 Å². The Kier molecular flexibility index (Phi) is 5.67. The zero-order valence-corrected chi connectivity index (χ0v) is 13.8. The normalized spacial score (nSPS) is 16.9. The van der Waals surface area contributed by atoms with Gasteiger partial charge >= 0.3 is 0 Å². The second-order valence-corrected chi connectivity index (χ2v) is 6.66. The summed E-state index contributed by atoms with van der Waals surface area (Å²) in [5.41, 5.74) is 2.07. The molecule has 1 aliphatic rings.